The molecule has 0 spiro atoms. The van der Waals surface area contributed by atoms with Gasteiger partial charge in [0.1, 0.15) is 18.0 Å². The number of thiocarbonyl (C=S) groups is 1. The Hall–Kier alpha value is -0.210. The molecule has 2 heterocycles. The summed E-state index contributed by atoms with van der Waals surface area (Å²) in [5, 5.41) is -0.247. The number of nitrogens with zero attached hydrogens (tertiary/aromatic N) is 2. The molecule has 0 aromatic heterocycles. The number of hydrogen-bond donors (Lipinski definition) is 0. The Morgan fingerprint density at radius 1 is 1.57 bits per heavy atom. The summed E-state index contributed by atoms with van der Waals surface area (Å²) < 4.78 is 2.27. The predicted molar refractivity (Wildman–Crippen MR) is 96.8 cm³/mol. The Morgan fingerprint density at radius 2 is 2.13 bits per heavy atom. The van der Waals surface area contributed by atoms with Crippen LogP contribution in [0.5, 0.6) is 0 Å². The van der Waals surface area contributed by atoms with Crippen molar-refractivity contribution in [3.63, 3.8) is 0 Å². The summed E-state index contributed by atoms with van der Waals surface area (Å²) in [5.41, 5.74) is 0.374. The lowest BCUT2D eigenvalue weighted by Gasteiger charge is -2.46. The second-order valence-corrected chi connectivity index (χ2v) is 10.1. The molecule has 0 aromatic carbocycles. The first-order valence-corrected chi connectivity index (χ1v) is 9.00. The van der Waals surface area contributed by atoms with Crippen LogP contribution in [0.3, 0.4) is 0 Å². The fourth-order valence-corrected chi connectivity index (χ4v) is 4.31. The van der Waals surface area contributed by atoms with Gasteiger partial charge in [0.25, 0.3) is 5.91 Å². The molecule has 23 heavy (non-hydrogen) atoms. The van der Waals surface area contributed by atoms with Crippen molar-refractivity contribution in [3.8, 4) is 0 Å². The van der Waals surface area contributed by atoms with E-state index in [-0.39, 0.29) is 17.9 Å². The van der Waals surface area contributed by atoms with Gasteiger partial charge in [-0.2, -0.15) is 0 Å². The van der Waals surface area contributed by atoms with Gasteiger partial charge in [-0.1, -0.05) is 53.6 Å². The molecule has 3 atom stereocenters. The highest BCUT2D eigenvalue weighted by molar-refractivity contribution is 8.02. The van der Waals surface area contributed by atoms with Gasteiger partial charge in [-0.05, 0) is 13.8 Å². The Kier molecular flexibility index (Phi) is 5.20. The van der Waals surface area contributed by atoms with Crippen LogP contribution < -0.4 is 0 Å². The molecule has 128 valence electrons. The van der Waals surface area contributed by atoms with Crippen LogP contribution in [0.25, 0.3) is 0 Å². The van der Waals surface area contributed by atoms with Gasteiger partial charge in [-0.3, -0.25) is 14.5 Å². The minimum atomic E-state index is -1.69. The van der Waals surface area contributed by atoms with Crippen molar-refractivity contribution in [3.05, 3.63) is 12.3 Å². The molecule has 2 rings (SSSR count). The summed E-state index contributed by atoms with van der Waals surface area (Å²) in [4.78, 5) is 28.6. The van der Waals surface area contributed by atoms with E-state index in [4.69, 9.17) is 51.8 Å². The minimum Gasteiger partial charge on any atom is -0.460 e. The zero-order valence-corrected chi connectivity index (χ0v) is 16.5. The second-order valence-electron chi connectivity index (χ2n) is 5.46. The molecule has 2 unspecified atom stereocenters. The van der Waals surface area contributed by atoms with E-state index in [1.165, 1.54) is 16.7 Å². The number of carbonyl (C=O) groups is 2. The number of halogens is 3. The maximum Gasteiger partial charge on any atom is 0.328 e. The molecule has 5 nitrogen and oxygen atoms in total. The summed E-state index contributed by atoms with van der Waals surface area (Å²) in [6.07, 6.45) is 0. The van der Waals surface area contributed by atoms with E-state index in [0.29, 0.717) is 10.7 Å². The molecule has 2 aliphatic heterocycles. The third-order valence-corrected chi connectivity index (χ3v) is 6.08. The van der Waals surface area contributed by atoms with E-state index in [1.807, 2.05) is 0 Å². The number of β-lactam (4-membered cyclic amide) rings is 1. The number of esters is 1. The number of fused-ring (bicyclic) bond motifs is 1. The van der Waals surface area contributed by atoms with Crippen molar-refractivity contribution >= 4 is 75.6 Å². The van der Waals surface area contributed by atoms with Crippen molar-refractivity contribution in [1.82, 2.24) is 9.80 Å². The van der Waals surface area contributed by atoms with E-state index in [2.05, 4.69) is 6.58 Å². The first-order chi connectivity index (χ1) is 10.4. The van der Waals surface area contributed by atoms with Crippen LogP contribution in [0.4, 0.5) is 0 Å². The van der Waals surface area contributed by atoms with E-state index in [0.717, 1.165) is 0 Å². The number of hydrogen-bond acceptors (Lipinski definition) is 5. The molecule has 2 aliphatic rings. The molecule has 10 heteroatoms. The highest BCUT2D eigenvalue weighted by Crippen LogP contribution is 2.54. The summed E-state index contributed by atoms with van der Waals surface area (Å²) >= 11 is 23.2. The molecule has 2 fully saturated rings. The molecule has 0 aliphatic carbocycles. The fraction of sp³-hybridized carbons (Fsp3) is 0.615. The minimum absolute atomic E-state index is 0.142. The molecular formula is C13H15Cl3N2O3S2. The van der Waals surface area contributed by atoms with Crippen molar-refractivity contribution in [1.29, 1.82) is 0 Å². The zero-order chi connectivity index (χ0) is 17.7. The third-order valence-electron chi connectivity index (χ3n) is 3.88. The smallest absolute Gasteiger partial charge is 0.328 e. The van der Waals surface area contributed by atoms with Crippen LogP contribution in [-0.4, -0.2) is 60.3 Å². The number of alkyl halides is 3. The first-order valence-electron chi connectivity index (χ1n) is 6.58. The Labute approximate surface area is 159 Å². The number of carbonyl (C=O) groups excluding carboxylic acids is 2. The Morgan fingerprint density at radius 3 is 2.61 bits per heavy atom. The van der Waals surface area contributed by atoms with Crippen molar-refractivity contribution in [2.24, 2.45) is 0 Å². The Bertz CT molecular complexity index is 596. The van der Waals surface area contributed by atoms with Crippen LogP contribution in [-0.2, 0) is 14.3 Å². The SMILES string of the molecule is C=C1N2C(=O)C(N(C)C(C)=S)[C@H]2SC1(C)C(=O)OCC(Cl)(Cl)Cl. The molecule has 0 N–H and O–H groups in total. The average molecular weight is 418 g/mol. The molecule has 0 radical (unpaired) electrons. The first kappa shape index (κ1) is 19.1. The average Bonchev–Trinajstić information content (AvgIpc) is 2.65. The largest absolute Gasteiger partial charge is 0.460 e. The molecule has 0 bridgehead atoms. The maximum atomic E-state index is 12.4. The molecule has 1 amide bonds. The van der Waals surface area contributed by atoms with Crippen LogP contribution >= 0.6 is 58.8 Å². The quantitative estimate of drug-likeness (QED) is 0.305. The lowest BCUT2D eigenvalue weighted by atomic mass is 10.00. The van der Waals surface area contributed by atoms with Crippen molar-refractivity contribution in [2.75, 3.05) is 13.7 Å². The lowest BCUT2D eigenvalue weighted by Crippen LogP contribution is -2.66. The van der Waals surface area contributed by atoms with Crippen LogP contribution in [0.1, 0.15) is 13.8 Å². The number of ether oxygens (including phenoxy) is 1. The standard InChI is InChI=1S/C13H15Cl3N2O3S2/c1-6-12(3,11(20)21-5-13(14,15)16)23-10-8(9(19)18(6)10)17(4)7(2)22/h8,10H,1,5H2,2-4H3/t8?,10-,12?/m1/s1. The van der Waals surface area contributed by atoms with Crippen molar-refractivity contribution < 1.29 is 14.3 Å². The monoisotopic (exact) mass is 416 g/mol. The highest BCUT2D eigenvalue weighted by atomic mass is 35.6. The molecule has 2 saturated heterocycles. The number of thioether (sulfide) groups is 1. The lowest BCUT2D eigenvalue weighted by molar-refractivity contribution is -0.147. The van der Waals surface area contributed by atoms with E-state index in [1.54, 1.807) is 25.8 Å². The van der Waals surface area contributed by atoms with Gasteiger partial charge in [0.05, 0.1) is 4.99 Å². The van der Waals surface area contributed by atoms with E-state index < -0.39 is 20.6 Å². The van der Waals surface area contributed by atoms with Crippen molar-refractivity contribution in [2.45, 2.75) is 33.8 Å². The van der Waals surface area contributed by atoms with Gasteiger partial charge < -0.3 is 9.64 Å². The Balaban J connectivity index is 2.15. The third kappa shape index (κ3) is 3.31. The normalized spacial score (nSPS) is 29.9. The van der Waals surface area contributed by atoms with Crippen LogP contribution in [0.15, 0.2) is 12.3 Å². The highest BCUT2D eigenvalue weighted by Gasteiger charge is 2.64. The van der Waals surface area contributed by atoms with Gasteiger partial charge in [-0.25, -0.2) is 0 Å². The number of rotatable bonds is 3. The van der Waals surface area contributed by atoms with Gasteiger partial charge in [-0.15, -0.1) is 11.8 Å². The summed E-state index contributed by atoms with van der Waals surface area (Å²) in [6, 6.07) is -0.419. The van der Waals surface area contributed by atoms with Gasteiger partial charge >= 0.3 is 5.97 Å². The summed E-state index contributed by atoms with van der Waals surface area (Å²) in [7, 11) is 1.75. The topological polar surface area (TPSA) is 49.9 Å². The van der Waals surface area contributed by atoms with Gasteiger partial charge in [0, 0.05) is 12.7 Å². The fourth-order valence-electron chi connectivity index (χ4n) is 2.40. The van der Waals surface area contributed by atoms with Crippen LogP contribution in [0.2, 0.25) is 0 Å². The van der Waals surface area contributed by atoms with Gasteiger partial charge in [0.2, 0.25) is 3.79 Å². The van der Waals surface area contributed by atoms with E-state index in [9.17, 15) is 9.59 Å². The molecule has 0 aromatic rings. The predicted octanol–water partition coefficient (Wildman–Crippen LogP) is 2.74. The maximum absolute atomic E-state index is 12.4. The zero-order valence-electron chi connectivity index (χ0n) is 12.6. The second kappa shape index (κ2) is 6.26. The van der Waals surface area contributed by atoms with E-state index >= 15 is 0 Å². The summed E-state index contributed by atoms with van der Waals surface area (Å²) in [5.74, 6) is -0.737. The van der Waals surface area contributed by atoms with Crippen LogP contribution in [0, 0.1) is 0 Å². The molecule has 0 saturated carbocycles. The number of amides is 1. The summed E-state index contributed by atoms with van der Waals surface area (Å²) in [6.45, 7) is 6.89. The number of likely N-dealkylation sites (N-methyl/N-ethyl adjacent to an activating group) is 1. The molecular weight excluding hydrogens is 403 g/mol. The van der Waals surface area contributed by atoms with Gasteiger partial charge in [0.15, 0.2) is 4.75 Å².